The first kappa shape index (κ1) is 13.0. The van der Waals surface area contributed by atoms with Gasteiger partial charge in [-0.15, -0.1) is 0 Å². The Hall–Kier alpha value is -1.48. The molecule has 1 aromatic heterocycles. The normalized spacial score (nSPS) is 11.0. The molecule has 0 aliphatic rings. The average Bonchev–Trinajstić information content (AvgIpc) is 2.31. The van der Waals surface area contributed by atoms with Crippen molar-refractivity contribution >= 4 is 11.6 Å². The number of hydrogen-bond acceptors (Lipinski definition) is 2. The van der Waals surface area contributed by atoms with Gasteiger partial charge in [0.25, 0.3) is 0 Å². The van der Waals surface area contributed by atoms with Crippen LogP contribution in [0.1, 0.15) is 31.2 Å². The highest BCUT2D eigenvalue weighted by molar-refractivity contribution is 6.29. The molecule has 0 aliphatic carbocycles. The van der Waals surface area contributed by atoms with Crippen molar-refractivity contribution in [2.75, 3.05) is 0 Å². The van der Waals surface area contributed by atoms with Gasteiger partial charge in [0, 0.05) is 17.5 Å². The molecule has 0 saturated heterocycles. The Bertz CT molecular complexity index is 582. The van der Waals surface area contributed by atoms with E-state index in [-0.39, 0.29) is 11.7 Å². The van der Waals surface area contributed by atoms with E-state index in [0.29, 0.717) is 16.5 Å². The van der Waals surface area contributed by atoms with Gasteiger partial charge in [0.2, 0.25) is 0 Å². The van der Waals surface area contributed by atoms with Crippen LogP contribution in [0.5, 0.6) is 0 Å². The molecule has 0 radical (unpaired) electrons. The molecule has 2 nitrogen and oxygen atoms in total. The second-order valence-corrected chi connectivity index (χ2v) is 4.94. The predicted octanol–water partition coefficient (Wildman–Crippen LogP) is 4.37. The van der Waals surface area contributed by atoms with Gasteiger partial charge in [-0.1, -0.05) is 25.4 Å². The van der Waals surface area contributed by atoms with Crippen molar-refractivity contribution in [2.24, 2.45) is 0 Å². The van der Waals surface area contributed by atoms with Crippen molar-refractivity contribution in [1.29, 1.82) is 0 Å². The SMILES string of the molecule is Cc1cc(-c2cc(Cl)nc(C(C)C)n2)ccc1F. The molecule has 0 fully saturated rings. The molecule has 0 spiro atoms. The van der Waals surface area contributed by atoms with Gasteiger partial charge in [0.05, 0.1) is 5.69 Å². The molecule has 0 amide bonds. The molecule has 4 heteroatoms. The Kier molecular flexibility index (Phi) is 3.62. The van der Waals surface area contributed by atoms with Gasteiger partial charge in [-0.05, 0) is 30.7 Å². The van der Waals surface area contributed by atoms with E-state index < -0.39 is 0 Å². The van der Waals surface area contributed by atoms with E-state index in [2.05, 4.69) is 9.97 Å². The highest BCUT2D eigenvalue weighted by atomic mass is 35.5. The molecule has 0 unspecified atom stereocenters. The first-order chi connectivity index (χ1) is 8.47. The quantitative estimate of drug-likeness (QED) is 0.753. The summed E-state index contributed by atoms with van der Waals surface area (Å²) in [6, 6.07) is 6.60. The fourth-order valence-electron chi connectivity index (χ4n) is 1.65. The summed E-state index contributed by atoms with van der Waals surface area (Å²) in [5, 5.41) is 0.408. The summed E-state index contributed by atoms with van der Waals surface area (Å²) in [5.41, 5.74) is 2.16. The van der Waals surface area contributed by atoms with Crippen LogP contribution in [0.25, 0.3) is 11.3 Å². The lowest BCUT2D eigenvalue weighted by atomic mass is 10.1. The molecular formula is C14H14ClFN2. The number of benzene rings is 1. The molecule has 0 saturated carbocycles. The summed E-state index contributed by atoms with van der Waals surface area (Å²) < 4.78 is 13.2. The Morgan fingerprint density at radius 1 is 1.17 bits per heavy atom. The molecule has 1 aromatic carbocycles. The largest absolute Gasteiger partial charge is 0.233 e. The number of rotatable bonds is 2. The van der Waals surface area contributed by atoms with Crippen LogP contribution >= 0.6 is 11.6 Å². The van der Waals surface area contributed by atoms with Crippen molar-refractivity contribution in [3.63, 3.8) is 0 Å². The van der Waals surface area contributed by atoms with E-state index in [0.717, 1.165) is 11.3 Å². The van der Waals surface area contributed by atoms with Crippen LogP contribution in [-0.2, 0) is 0 Å². The van der Waals surface area contributed by atoms with Gasteiger partial charge < -0.3 is 0 Å². The fourth-order valence-corrected chi connectivity index (χ4v) is 1.84. The first-order valence-electron chi connectivity index (χ1n) is 5.78. The topological polar surface area (TPSA) is 25.8 Å². The number of aromatic nitrogens is 2. The van der Waals surface area contributed by atoms with E-state index in [1.165, 1.54) is 6.07 Å². The zero-order valence-electron chi connectivity index (χ0n) is 10.5. The zero-order chi connectivity index (χ0) is 13.3. The molecule has 2 rings (SSSR count). The highest BCUT2D eigenvalue weighted by Gasteiger charge is 2.09. The Labute approximate surface area is 111 Å². The van der Waals surface area contributed by atoms with E-state index in [1.54, 1.807) is 25.1 Å². The first-order valence-corrected chi connectivity index (χ1v) is 6.16. The molecule has 0 aliphatic heterocycles. The van der Waals surface area contributed by atoms with Crippen LogP contribution in [0.4, 0.5) is 4.39 Å². The maximum Gasteiger partial charge on any atom is 0.133 e. The van der Waals surface area contributed by atoms with Gasteiger partial charge in [-0.2, -0.15) is 0 Å². The van der Waals surface area contributed by atoms with Crippen LogP contribution < -0.4 is 0 Å². The molecule has 18 heavy (non-hydrogen) atoms. The van der Waals surface area contributed by atoms with Crippen molar-refractivity contribution in [3.8, 4) is 11.3 Å². The molecule has 1 heterocycles. The van der Waals surface area contributed by atoms with Crippen LogP contribution in [0, 0.1) is 12.7 Å². The van der Waals surface area contributed by atoms with Gasteiger partial charge in [-0.3, -0.25) is 0 Å². The third-order valence-corrected chi connectivity index (χ3v) is 2.88. The smallest absolute Gasteiger partial charge is 0.133 e. The minimum atomic E-state index is -0.219. The Balaban J connectivity index is 2.53. The van der Waals surface area contributed by atoms with E-state index in [9.17, 15) is 4.39 Å². The second kappa shape index (κ2) is 5.02. The van der Waals surface area contributed by atoms with Gasteiger partial charge in [0.15, 0.2) is 0 Å². The Morgan fingerprint density at radius 3 is 2.50 bits per heavy atom. The molecular weight excluding hydrogens is 251 g/mol. The standard InChI is InChI=1S/C14H14ClFN2/c1-8(2)14-17-12(7-13(15)18-14)10-4-5-11(16)9(3)6-10/h4-8H,1-3H3. The molecule has 2 aromatic rings. The van der Waals surface area contributed by atoms with Crippen molar-refractivity contribution < 1.29 is 4.39 Å². The third kappa shape index (κ3) is 2.67. The van der Waals surface area contributed by atoms with Gasteiger partial charge in [0.1, 0.15) is 16.8 Å². The summed E-state index contributed by atoms with van der Waals surface area (Å²) in [4.78, 5) is 8.64. The Morgan fingerprint density at radius 2 is 1.89 bits per heavy atom. The summed E-state index contributed by atoms with van der Waals surface area (Å²) in [7, 11) is 0. The predicted molar refractivity (Wildman–Crippen MR) is 71.3 cm³/mol. The second-order valence-electron chi connectivity index (χ2n) is 4.55. The third-order valence-electron chi connectivity index (χ3n) is 2.68. The molecule has 0 atom stereocenters. The van der Waals surface area contributed by atoms with E-state index in [1.807, 2.05) is 13.8 Å². The highest BCUT2D eigenvalue weighted by Crippen LogP contribution is 2.24. The van der Waals surface area contributed by atoms with Crippen molar-refractivity contribution in [3.05, 3.63) is 46.6 Å². The summed E-state index contributed by atoms with van der Waals surface area (Å²) in [6.07, 6.45) is 0. The van der Waals surface area contributed by atoms with Crippen molar-refractivity contribution in [2.45, 2.75) is 26.7 Å². The number of aryl methyl sites for hydroxylation is 1. The van der Waals surface area contributed by atoms with Crippen LogP contribution in [-0.4, -0.2) is 9.97 Å². The maximum atomic E-state index is 13.2. The van der Waals surface area contributed by atoms with E-state index in [4.69, 9.17) is 11.6 Å². The molecule has 0 bridgehead atoms. The van der Waals surface area contributed by atoms with Gasteiger partial charge >= 0.3 is 0 Å². The molecule has 0 N–H and O–H groups in total. The summed E-state index contributed by atoms with van der Waals surface area (Å²) in [6.45, 7) is 5.74. The summed E-state index contributed by atoms with van der Waals surface area (Å²) in [5.74, 6) is 0.673. The number of hydrogen-bond donors (Lipinski definition) is 0. The number of halogens is 2. The summed E-state index contributed by atoms with van der Waals surface area (Å²) >= 11 is 5.99. The fraction of sp³-hybridized carbons (Fsp3) is 0.286. The minimum Gasteiger partial charge on any atom is -0.233 e. The lowest BCUT2D eigenvalue weighted by Crippen LogP contribution is -1.99. The monoisotopic (exact) mass is 264 g/mol. The minimum absolute atomic E-state index is 0.198. The van der Waals surface area contributed by atoms with Gasteiger partial charge in [-0.25, -0.2) is 14.4 Å². The van der Waals surface area contributed by atoms with Crippen LogP contribution in [0.15, 0.2) is 24.3 Å². The zero-order valence-corrected chi connectivity index (χ0v) is 11.3. The lowest BCUT2D eigenvalue weighted by Gasteiger charge is -2.08. The van der Waals surface area contributed by atoms with E-state index >= 15 is 0 Å². The average molecular weight is 265 g/mol. The van der Waals surface area contributed by atoms with Crippen molar-refractivity contribution in [1.82, 2.24) is 9.97 Å². The molecule has 94 valence electrons. The number of nitrogens with zero attached hydrogens (tertiary/aromatic N) is 2. The van der Waals surface area contributed by atoms with Crippen LogP contribution in [0.3, 0.4) is 0 Å². The maximum absolute atomic E-state index is 13.2. The van der Waals surface area contributed by atoms with Crippen LogP contribution in [0.2, 0.25) is 5.15 Å². The lowest BCUT2D eigenvalue weighted by molar-refractivity contribution is 0.618.